The number of aromatic nitrogens is 4. The van der Waals surface area contributed by atoms with Crippen LogP contribution in [0.1, 0.15) is 35.4 Å². The number of methoxy groups -OCH3 is 1. The third-order valence-electron chi connectivity index (χ3n) is 6.73. The number of nitrogens with zero attached hydrogens (tertiary/aromatic N) is 5. The highest BCUT2D eigenvalue weighted by Gasteiger charge is 2.44. The van der Waals surface area contributed by atoms with E-state index in [0.717, 1.165) is 55.9 Å². The van der Waals surface area contributed by atoms with Crippen LogP contribution in [-0.4, -0.2) is 67.6 Å². The summed E-state index contributed by atoms with van der Waals surface area (Å²) in [6, 6.07) is 7.36. The Kier molecular flexibility index (Phi) is 6.79. The lowest BCUT2D eigenvalue weighted by Gasteiger charge is -2.38. The number of piperidine rings is 1. The van der Waals surface area contributed by atoms with Gasteiger partial charge in [0.1, 0.15) is 11.6 Å². The van der Waals surface area contributed by atoms with Crippen molar-refractivity contribution in [1.29, 1.82) is 0 Å². The number of rotatable bonds is 3. The number of aliphatic carboxylic acids is 1. The van der Waals surface area contributed by atoms with Gasteiger partial charge < -0.3 is 19.3 Å². The van der Waals surface area contributed by atoms with Crippen LogP contribution in [0.3, 0.4) is 0 Å². The smallest absolute Gasteiger partial charge is 0.490 e. The molecule has 1 amide bonds. The molecule has 12 heteroatoms. The van der Waals surface area contributed by atoms with E-state index in [0.29, 0.717) is 5.56 Å². The van der Waals surface area contributed by atoms with Crippen molar-refractivity contribution in [1.82, 2.24) is 24.2 Å². The summed E-state index contributed by atoms with van der Waals surface area (Å²) in [5, 5.41) is 11.4. The van der Waals surface area contributed by atoms with Crippen molar-refractivity contribution >= 4 is 11.9 Å². The Morgan fingerprint density at radius 1 is 1.06 bits per heavy atom. The van der Waals surface area contributed by atoms with Crippen LogP contribution in [0.2, 0.25) is 0 Å². The fourth-order valence-electron chi connectivity index (χ4n) is 4.77. The van der Waals surface area contributed by atoms with Crippen molar-refractivity contribution in [3.05, 3.63) is 54.2 Å². The zero-order valence-electron chi connectivity index (χ0n) is 19.8. The molecular weight excluding hydrogens is 479 g/mol. The van der Waals surface area contributed by atoms with Gasteiger partial charge in [-0.05, 0) is 43.5 Å². The van der Waals surface area contributed by atoms with E-state index in [2.05, 4.69) is 9.67 Å². The molecule has 1 aromatic carbocycles. The van der Waals surface area contributed by atoms with Crippen LogP contribution < -0.4 is 4.74 Å². The van der Waals surface area contributed by atoms with E-state index in [-0.39, 0.29) is 11.3 Å². The summed E-state index contributed by atoms with van der Waals surface area (Å²) in [6.07, 6.45) is 3.82. The van der Waals surface area contributed by atoms with Crippen molar-refractivity contribution in [2.24, 2.45) is 7.05 Å². The predicted octanol–water partition coefficient (Wildman–Crippen LogP) is 3.50. The van der Waals surface area contributed by atoms with Crippen LogP contribution in [-0.2, 0) is 23.8 Å². The number of likely N-dealkylation sites (tertiary alicyclic amines) is 1. The second-order valence-electron chi connectivity index (χ2n) is 8.88. The summed E-state index contributed by atoms with van der Waals surface area (Å²) in [4.78, 5) is 28.6. The van der Waals surface area contributed by atoms with Gasteiger partial charge in [0.15, 0.2) is 0 Å². The molecule has 1 fully saturated rings. The number of carboxylic acids is 1. The minimum absolute atomic E-state index is 0.0805. The summed E-state index contributed by atoms with van der Waals surface area (Å²) in [7, 11) is 3.56. The average Bonchev–Trinajstić information content (AvgIpc) is 3.56. The summed E-state index contributed by atoms with van der Waals surface area (Å²) in [5.74, 6) is -0.721. The highest BCUT2D eigenvalue weighted by Crippen LogP contribution is 2.44. The van der Waals surface area contributed by atoms with Crippen molar-refractivity contribution in [2.45, 2.75) is 37.4 Å². The molecule has 1 saturated heterocycles. The Balaban J connectivity index is 0.000000384. The van der Waals surface area contributed by atoms with Crippen molar-refractivity contribution in [2.75, 3.05) is 20.2 Å². The second kappa shape index (κ2) is 9.67. The predicted molar refractivity (Wildman–Crippen MR) is 123 cm³/mol. The molecule has 1 N–H and O–H groups in total. The Morgan fingerprint density at radius 3 is 2.19 bits per heavy atom. The number of fused-ring (bicyclic) bond motifs is 2. The maximum Gasteiger partial charge on any atom is 0.490 e. The van der Waals surface area contributed by atoms with Gasteiger partial charge in [0.05, 0.1) is 25.2 Å². The first-order valence-corrected chi connectivity index (χ1v) is 11.3. The Hall–Kier alpha value is -3.83. The van der Waals surface area contributed by atoms with Gasteiger partial charge in [-0.25, -0.2) is 9.78 Å². The highest BCUT2D eigenvalue weighted by atomic mass is 19.4. The van der Waals surface area contributed by atoms with Crippen molar-refractivity contribution < 1.29 is 32.6 Å². The number of halogens is 3. The van der Waals surface area contributed by atoms with Gasteiger partial charge in [0.25, 0.3) is 5.91 Å². The third kappa shape index (κ3) is 4.93. The van der Waals surface area contributed by atoms with Gasteiger partial charge in [0.2, 0.25) is 0 Å². The van der Waals surface area contributed by atoms with E-state index in [1.165, 1.54) is 5.82 Å². The maximum atomic E-state index is 12.9. The Labute approximate surface area is 205 Å². The zero-order valence-corrected chi connectivity index (χ0v) is 19.8. The standard InChI is InChI=1S/C22H25N5O2.C2HF3O2/c1-25-15-17(13-24-25)19-14-23-21-22(9-12-27(19)21)7-10-26(11-8-22)20(28)16-3-5-18(29-2)6-4-16;3-2(4,5)1(6)7/h3-6,13-15H,7-12H2,1-2H3;(H,6,7). The number of carbonyl (C=O) groups is 2. The van der Waals surface area contributed by atoms with Crippen molar-refractivity contribution in [3.8, 4) is 17.0 Å². The number of aryl methyl sites for hydroxylation is 1. The summed E-state index contributed by atoms with van der Waals surface area (Å²) in [6.45, 7) is 2.51. The molecule has 3 aromatic rings. The molecule has 192 valence electrons. The highest BCUT2D eigenvalue weighted by molar-refractivity contribution is 5.94. The fraction of sp³-hybridized carbons (Fsp3) is 0.417. The molecule has 2 aliphatic rings. The van der Waals surface area contributed by atoms with Gasteiger partial charge in [0, 0.05) is 49.4 Å². The monoisotopic (exact) mass is 505 g/mol. The number of benzene rings is 1. The van der Waals surface area contributed by atoms with E-state index in [4.69, 9.17) is 19.6 Å². The van der Waals surface area contributed by atoms with E-state index in [1.807, 2.05) is 59.5 Å². The van der Waals surface area contributed by atoms with E-state index >= 15 is 0 Å². The molecule has 0 unspecified atom stereocenters. The van der Waals surface area contributed by atoms with Gasteiger partial charge in [-0.15, -0.1) is 0 Å². The zero-order chi connectivity index (χ0) is 26.1. The molecule has 0 radical (unpaired) electrons. The Morgan fingerprint density at radius 2 is 1.67 bits per heavy atom. The number of amides is 1. The lowest BCUT2D eigenvalue weighted by molar-refractivity contribution is -0.192. The third-order valence-corrected chi connectivity index (χ3v) is 6.73. The van der Waals surface area contributed by atoms with Crippen molar-refractivity contribution in [3.63, 3.8) is 0 Å². The lowest BCUT2D eigenvalue weighted by Crippen LogP contribution is -2.44. The van der Waals surface area contributed by atoms with E-state index in [1.54, 1.807) is 7.11 Å². The molecule has 0 saturated carbocycles. The maximum absolute atomic E-state index is 12.9. The second-order valence-corrected chi connectivity index (χ2v) is 8.88. The molecule has 5 rings (SSSR count). The molecule has 0 bridgehead atoms. The fourth-order valence-corrected chi connectivity index (χ4v) is 4.77. The topological polar surface area (TPSA) is 102 Å². The van der Waals surface area contributed by atoms with Crippen LogP contribution >= 0.6 is 0 Å². The molecule has 0 aliphatic carbocycles. The molecule has 4 heterocycles. The minimum Gasteiger partial charge on any atom is -0.497 e. The molecule has 36 heavy (non-hydrogen) atoms. The number of carboxylic acid groups (broad SMARTS) is 1. The quantitative estimate of drug-likeness (QED) is 0.585. The lowest BCUT2D eigenvalue weighted by atomic mass is 9.76. The number of carbonyl (C=O) groups excluding carboxylic acids is 1. The summed E-state index contributed by atoms with van der Waals surface area (Å²) < 4.78 is 41.1. The normalized spacial score (nSPS) is 16.3. The van der Waals surface area contributed by atoms with Gasteiger partial charge in [-0.1, -0.05) is 0 Å². The average molecular weight is 505 g/mol. The largest absolute Gasteiger partial charge is 0.497 e. The number of ether oxygens (including phenoxy) is 1. The first-order chi connectivity index (χ1) is 17.0. The van der Waals surface area contributed by atoms with Gasteiger partial charge >= 0.3 is 12.1 Å². The Bertz CT molecular complexity index is 1240. The van der Waals surface area contributed by atoms with Crippen LogP contribution in [0.25, 0.3) is 11.3 Å². The van der Waals surface area contributed by atoms with Crippen LogP contribution in [0.4, 0.5) is 13.2 Å². The number of imidazole rings is 1. The molecule has 9 nitrogen and oxygen atoms in total. The molecule has 2 aromatic heterocycles. The molecular formula is C24H26F3N5O4. The van der Waals surface area contributed by atoms with Crippen LogP contribution in [0, 0.1) is 0 Å². The SMILES string of the molecule is COc1ccc(C(=O)N2CCC3(CC2)CCn2c(-c4cnn(C)c4)cnc23)cc1.O=C(O)C(F)(F)F. The molecule has 0 atom stereocenters. The number of alkyl halides is 3. The number of hydrogen-bond acceptors (Lipinski definition) is 5. The molecule has 1 spiro atoms. The summed E-state index contributed by atoms with van der Waals surface area (Å²) in [5.41, 5.74) is 3.04. The van der Waals surface area contributed by atoms with E-state index < -0.39 is 12.1 Å². The minimum atomic E-state index is -5.08. The first-order valence-electron chi connectivity index (χ1n) is 11.3. The summed E-state index contributed by atoms with van der Waals surface area (Å²) >= 11 is 0. The molecule has 2 aliphatic heterocycles. The van der Waals surface area contributed by atoms with Crippen LogP contribution in [0.15, 0.2) is 42.9 Å². The van der Waals surface area contributed by atoms with Gasteiger partial charge in [-0.3, -0.25) is 9.48 Å². The first kappa shape index (κ1) is 25.3. The number of hydrogen-bond donors (Lipinski definition) is 1. The van der Waals surface area contributed by atoms with Crippen LogP contribution in [0.5, 0.6) is 5.75 Å². The van der Waals surface area contributed by atoms with Gasteiger partial charge in [-0.2, -0.15) is 18.3 Å². The van der Waals surface area contributed by atoms with E-state index in [9.17, 15) is 18.0 Å².